The molecule has 1 aromatic heterocycles. The van der Waals surface area contributed by atoms with Gasteiger partial charge in [0.1, 0.15) is 0 Å². The SMILES string of the molecule is CN=C(NCCCOCC1CCOCC1)NCC(=O)N(C)CCc1ccccn1.I. The standard InChI is InChI=1S/C21H35N5O3.HI/c1-22-21(24-11-5-13-29-17-18-8-14-28-15-9-18)25-16-20(27)26(2)12-7-19-6-3-4-10-23-19;/h3-4,6,10,18H,5,7-9,11-17H2,1-2H3,(H2,22,24,25);1H. The number of aromatic nitrogens is 1. The number of hydrogen-bond acceptors (Lipinski definition) is 5. The third-order valence-corrected chi connectivity index (χ3v) is 4.94. The van der Waals surface area contributed by atoms with E-state index in [2.05, 4.69) is 20.6 Å². The van der Waals surface area contributed by atoms with E-state index in [1.807, 2.05) is 18.2 Å². The third-order valence-electron chi connectivity index (χ3n) is 4.94. The van der Waals surface area contributed by atoms with E-state index < -0.39 is 0 Å². The van der Waals surface area contributed by atoms with Crippen molar-refractivity contribution in [3.63, 3.8) is 0 Å². The molecule has 1 aliphatic rings. The first-order valence-electron chi connectivity index (χ1n) is 10.4. The molecule has 2 rings (SSSR count). The number of likely N-dealkylation sites (N-methyl/N-ethyl adjacent to an activating group) is 1. The van der Waals surface area contributed by atoms with Crippen LogP contribution < -0.4 is 10.6 Å². The van der Waals surface area contributed by atoms with Crippen molar-refractivity contribution in [1.29, 1.82) is 0 Å². The first-order valence-corrected chi connectivity index (χ1v) is 10.4. The topological polar surface area (TPSA) is 88.1 Å². The van der Waals surface area contributed by atoms with Gasteiger partial charge >= 0.3 is 0 Å². The number of guanidine groups is 1. The van der Waals surface area contributed by atoms with E-state index in [0.29, 0.717) is 18.4 Å². The van der Waals surface area contributed by atoms with Crippen molar-refractivity contribution in [2.45, 2.75) is 25.7 Å². The largest absolute Gasteiger partial charge is 0.381 e. The summed E-state index contributed by atoms with van der Waals surface area (Å²) < 4.78 is 11.1. The van der Waals surface area contributed by atoms with Crippen molar-refractivity contribution in [2.75, 3.05) is 60.2 Å². The van der Waals surface area contributed by atoms with Crippen molar-refractivity contribution in [2.24, 2.45) is 10.9 Å². The van der Waals surface area contributed by atoms with Crippen LogP contribution in [0.5, 0.6) is 0 Å². The lowest BCUT2D eigenvalue weighted by molar-refractivity contribution is -0.128. The second kappa shape index (κ2) is 16.3. The minimum Gasteiger partial charge on any atom is -0.381 e. The summed E-state index contributed by atoms with van der Waals surface area (Å²) in [4.78, 5) is 22.4. The summed E-state index contributed by atoms with van der Waals surface area (Å²) in [6.45, 7) is 4.83. The van der Waals surface area contributed by atoms with Crippen molar-refractivity contribution < 1.29 is 14.3 Å². The summed E-state index contributed by atoms with van der Waals surface area (Å²) in [6, 6.07) is 5.81. The van der Waals surface area contributed by atoms with Crippen LogP contribution in [0.25, 0.3) is 0 Å². The number of carbonyl (C=O) groups is 1. The fourth-order valence-corrected chi connectivity index (χ4v) is 3.01. The van der Waals surface area contributed by atoms with Crippen LogP contribution in [-0.4, -0.2) is 81.9 Å². The highest BCUT2D eigenvalue weighted by atomic mass is 127. The molecule has 0 atom stereocenters. The van der Waals surface area contributed by atoms with Crippen LogP contribution in [-0.2, 0) is 20.7 Å². The number of hydrogen-bond donors (Lipinski definition) is 2. The van der Waals surface area contributed by atoms with Crippen LogP contribution in [0, 0.1) is 5.92 Å². The molecular formula is C21H36IN5O3. The molecule has 0 spiro atoms. The maximum atomic E-state index is 12.3. The predicted molar refractivity (Wildman–Crippen MR) is 129 cm³/mol. The van der Waals surface area contributed by atoms with Gasteiger partial charge in [-0.3, -0.25) is 14.8 Å². The summed E-state index contributed by atoms with van der Waals surface area (Å²) in [5, 5.41) is 6.29. The van der Waals surface area contributed by atoms with E-state index in [9.17, 15) is 4.79 Å². The normalized spacial score (nSPS) is 14.7. The molecular weight excluding hydrogens is 497 g/mol. The van der Waals surface area contributed by atoms with Gasteiger partial charge in [-0.1, -0.05) is 6.07 Å². The number of pyridine rings is 1. The Balaban J connectivity index is 0.00000450. The maximum Gasteiger partial charge on any atom is 0.241 e. The van der Waals surface area contributed by atoms with Crippen LogP contribution in [0.3, 0.4) is 0 Å². The number of amides is 1. The Hall–Kier alpha value is -1.46. The molecule has 1 saturated heterocycles. The van der Waals surface area contributed by atoms with E-state index >= 15 is 0 Å². The zero-order chi connectivity index (χ0) is 20.7. The van der Waals surface area contributed by atoms with Gasteiger partial charge in [-0.15, -0.1) is 24.0 Å². The van der Waals surface area contributed by atoms with Crippen LogP contribution in [0.15, 0.2) is 29.4 Å². The lowest BCUT2D eigenvalue weighted by Gasteiger charge is -2.21. The number of carbonyl (C=O) groups excluding carboxylic acids is 1. The Morgan fingerprint density at radius 2 is 2.13 bits per heavy atom. The summed E-state index contributed by atoms with van der Waals surface area (Å²) in [5.41, 5.74) is 0.983. The predicted octanol–water partition coefficient (Wildman–Crippen LogP) is 1.70. The zero-order valence-corrected chi connectivity index (χ0v) is 20.5. The summed E-state index contributed by atoms with van der Waals surface area (Å²) in [5.74, 6) is 1.27. The van der Waals surface area contributed by atoms with E-state index in [4.69, 9.17) is 9.47 Å². The van der Waals surface area contributed by atoms with Gasteiger partial charge in [0, 0.05) is 71.9 Å². The molecule has 0 saturated carbocycles. The summed E-state index contributed by atoms with van der Waals surface area (Å²) in [7, 11) is 3.51. The fourth-order valence-electron chi connectivity index (χ4n) is 3.01. The number of rotatable bonds is 11. The van der Waals surface area contributed by atoms with Gasteiger partial charge in [0.15, 0.2) is 5.96 Å². The first-order chi connectivity index (χ1) is 14.2. The number of nitrogens with zero attached hydrogens (tertiary/aromatic N) is 3. The molecule has 1 fully saturated rings. The van der Waals surface area contributed by atoms with Gasteiger partial charge < -0.3 is 25.0 Å². The smallest absolute Gasteiger partial charge is 0.241 e. The first kappa shape index (κ1) is 26.6. The van der Waals surface area contributed by atoms with Crippen molar-refractivity contribution >= 4 is 35.8 Å². The average molecular weight is 533 g/mol. The average Bonchev–Trinajstić information content (AvgIpc) is 2.77. The van der Waals surface area contributed by atoms with Crippen molar-refractivity contribution in [1.82, 2.24) is 20.5 Å². The van der Waals surface area contributed by atoms with Crippen LogP contribution in [0.4, 0.5) is 0 Å². The minimum absolute atomic E-state index is 0. The molecule has 9 heteroatoms. The highest BCUT2D eigenvalue weighted by molar-refractivity contribution is 14.0. The molecule has 0 aliphatic carbocycles. The van der Waals surface area contributed by atoms with Gasteiger partial charge in [0.25, 0.3) is 0 Å². The molecule has 0 radical (unpaired) electrons. The molecule has 170 valence electrons. The highest BCUT2D eigenvalue weighted by Gasteiger charge is 2.13. The van der Waals surface area contributed by atoms with Gasteiger partial charge in [-0.25, -0.2) is 0 Å². The van der Waals surface area contributed by atoms with E-state index in [1.54, 1.807) is 25.2 Å². The Labute approximate surface area is 197 Å². The minimum atomic E-state index is 0. The molecule has 1 amide bonds. The zero-order valence-electron chi connectivity index (χ0n) is 18.1. The molecule has 2 N–H and O–H groups in total. The van der Waals surface area contributed by atoms with Crippen LogP contribution >= 0.6 is 24.0 Å². The summed E-state index contributed by atoms with van der Waals surface area (Å²) in [6.07, 6.45) is 5.59. The van der Waals surface area contributed by atoms with Gasteiger partial charge in [-0.2, -0.15) is 0 Å². The Bertz CT molecular complexity index is 612. The molecule has 8 nitrogen and oxygen atoms in total. The fraction of sp³-hybridized carbons (Fsp3) is 0.667. The number of nitrogens with one attached hydrogen (secondary N) is 2. The quantitative estimate of drug-likeness (QED) is 0.195. The van der Waals surface area contributed by atoms with Crippen LogP contribution in [0.1, 0.15) is 25.0 Å². The molecule has 1 aliphatic heterocycles. The Morgan fingerprint density at radius 3 is 2.83 bits per heavy atom. The number of halogens is 1. The molecule has 0 aromatic carbocycles. The second-order valence-electron chi connectivity index (χ2n) is 7.22. The Morgan fingerprint density at radius 1 is 1.33 bits per heavy atom. The molecule has 0 bridgehead atoms. The second-order valence-corrected chi connectivity index (χ2v) is 7.22. The molecule has 1 aromatic rings. The lowest BCUT2D eigenvalue weighted by atomic mass is 10.0. The van der Waals surface area contributed by atoms with E-state index in [1.165, 1.54) is 0 Å². The summed E-state index contributed by atoms with van der Waals surface area (Å²) >= 11 is 0. The lowest BCUT2D eigenvalue weighted by Crippen LogP contribution is -2.44. The third kappa shape index (κ3) is 11.1. The highest BCUT2D eigenvalue weighted by Crippen LogP contribution is 2.14. The Kier molecular flexibility index (Phi) is 14.4. The van der Waals surface area contributed by atoms with Gasteiger partial charge in [0.05, 0.1) is 6.54 Å². The van der Waals surface area contributed by atoms with Crippen LogP contribution in [0.2, 0.25) is 0 Å². The number of ether oxygens (including phenoxy) is 2. The molecule has 2 heterocycles. The van der Waals surface area contributed by atoms with Gasteiger partial charge in [0.2, 0.25) is 5.91 Å². The molecule has 30 heavy (non-hydrogen) atoms. The van der Waals surface area contributed by atoms with E-state index in [-0.39, 0.29) is 36.4 Å². The monoisotopic (exact) mass is 533 g/mol. The van der Waals surface area contributed by atoms with Gasteiger partial charge in [-0.05, 0) is 37.3 Å². The van der Waals surface area contributed by atoms with Crippen molar-refractivity contribution in [3.05, 3.63) is 30.1 Å². The van der Waals surface area contributed by atoms with Crippen molar-refractivity contribution in [3.8, 4) is 0 Å². The number of aliphatic imine (C=N–C) groups is 1. The van der Waals surface area contributed by atoms with E-state index in [0.717, 1.165) is 64.3 Å². The molecule has 0 unspecified atom stereocenters. The maximum absolute atomic E-state index is 12.3.